The van der Waals surface area contributed by atoms with Gasteiger partial charge >= 0.3 is 0 Å². The maximum Gasteiger partial charge on any atom is 0.242 e. The fourth-order valence-corrected chi connectivity index (χ4v) is 5.65. The van der Waals surface area contributed by atoms with E-state index in [9.17, 15) is 8.42 Å². The molecule has 0 unspecified atom stereocenters. The van der Waals surface area contributed by atoms with Gasteiger partial charge < -0.3 is 9.47 Å². The first kappa shape index (κ1) is 22.0. The van der Waals surface area contributed by atoms with Gasteiger partial charge in [0, 0.05) is 47.3 Å². The number of halogens is 1. The Hall–Kier alpha value is -2.19. The van der Waals surface area contributed by atoms with Crippen molar-refractivity contribution in [3.05, 3.63) is 64.8 Å². The number of benzene rings is 2. The van der Waals surface area contributed by atoms with E-state index in [4.69, 9.17) is 21.1 Å². The van der Waals surface area contributed by atoms with E-state index >= 15 is 0 Å². The van der Waals surface area contributed by atoms with Gasteiger partial charge in [-0.15, -0.1) is 0 Å². The molecular formula is C23H25ClN2O4S. The molecule has 0 amide bonds. The summed E-state index contributed by atoms with van der Waals surface area (Å²) in [6.45, 7) is 3.20. The largest absolute Gasteiger partial charge is 0.496 e. The summed E-state index contributed by atoms with van der Waals surface area (Å²) in [5, 5.41) is 1.37. The molecule has 1 aliphatic rings. The summed E-state index contributed by atoms with van der Waals surface area (Å²) in [5.41, 5.74) is 1.84. The van der Waals surface area contributed by atoms with E-state index < -0.39 is 15.4 Å². The van der Waals surface area contributed by atoms with Gasteiger partial charge in [-0.2, -0.15) is 0 Å². The zero-order chi connectivity index (χ0) is 22.1. The second kappa shape index (κ2) is 8.74. The third-order valence-corrected chi connectivity index (χ3v) is 7.55. The van der Waals surface area contributed by atoms with Crippen LogP contribution >= 0.6 is 11.6 Å². The molecule has 1 aromatic heterocycles. The molecule has 8 heteroatoms. The lowest BCUT2D eigenvalue weighted by Crippen LogP contribution is -2.44. The molecule has 3 aromatic rings. The van der Waals surface area contributed by atoms with Crippen molar-refractivity contribution in [3.8, 4) is 5.75 Å². The lowest BCUT2D eigenvalue weighted by molar-refractivity contribution is 0.0509. The van der Waals surface area contributed by atoms with E-state index in [0.717, 1.165) is 16.5 Å². The molecular weight excluding hydrogens is 436 g/mol. The minimum Gasteiger partial charge on any atom is -0.496 e. The van der Waals surface area contributed by atoms with Crippen LogP contribution in [0.4, 0.5) is 0 Å². The van der Waals surface area contributed by atoms with Gasteiger partial charge in [0.1, 0.15) is 10.6 Å². The van der Waals surface area contributed by atoms with Gasteiger partial charge in [0.15, 0.2) is 0 Å². The Morgan fingerprint density at radius 3 is 2.71 bits per heavy atom. The van der Waals surface area contributed by atoms with Gasteiger partial charge in [0.2, 0.25) is 10.0 Å². The maximum absolute atomic E-state index is 13.3. The average molecular weight is 461 g/mol. The molecule has 164 valence electrons. The number of sulfonamides is 1. The number of ether oxygens (including phenoxy) is 2. The number of methoxy groups -OCH3 is 1. The Balaban J connectivity index is 1.71. The van der Waals surface area contributed by atoms with E-state index in [2.05, 4.69) is 9.71 Å². The Morgan fingerprint density at radius 2 is 1.97 bits per heavy atom. The molecule has 4 rings (SSSR count). The van der Waals surface area contributed by atoms with Gasteiger partial charge in [0.25, 0.3) is 0 Å². The lowest BCUT2D eigenvalue weighted by atomic mass is 9.74. The number of nitrogens with one attached hydrogen (secondary N) is 1. The van der Waals surface area contributed by atoms with Crippen LogP contribution in [0.5, 0.6) is 5.75 Å². The number of fused-ring (bicyclic) bond motifs is 1. The normalized spacial score (nSPS) is 16.4. The summed E-state index contributed by atoms with van der Waals surface area (Å²) in [5.74, 6) is 0.688. The van der Waals surface area contributed by atoms with Crippen LogP contribution in [-0.4, -0.2) is 40.3 Å². The number of nitrogens with zero attached hydrogens (tertiary/aromatic N) is 1. The highest BCUT2D eigenvalue weighted by molar-refractivity contribution is 7.89. The van der Waals surface area contributed by atoms with Crippen LogP contribution < -0.4 is 9.46 Å². The third kappa shape index (κ3) is 4.41. The summed E-state index contributed by atoms with van der Waals surface area (Å²) < 4.78 is 40.6. The Morgan fingerprint density at radius 1 is 1.19 bits per heavy atom. The summed E-state index contributed by atoms with van der Waals surface area (Å²) >= 11 is 6.29. The molecule has 0 radical (unpaired) electrons. The first-order chi connectivity index (χ1) is 14.8. The zero-order valence-electron chi connectivity index (χ0n) is 17.5. The molecule has 2 aromatic carbocycles. The smallest absolute Gasteiger partial charge is 0.242 e. The van der Waals surface area contributed by atoms with Crippen LogP contribution in [0, 0.1) is 6.92 Å². The van der Waals surface area contributed by atoms with Crippen molar-refractivity contribution >= 4 is 32.5 Å². The predicted octanol–water partition coefficient (Wildman–Crippen LogP) is 4.23. The van der Waals surface area contributed by atoms with Crippen molar-refractivity contribution in [1.29, 1.82) is 0 Å². The minimum absolute atomic E-state index is 0.172. The molecule has 0 bridgehead atoms. The second-order valence-corrected chi connectivity index (χ2v) is 10.1. The fraction of sp³-hybridized carbons (Fsp3) is 0.348. The number of para-hydroxylation sites is 1. The van der Waals surface area contributed by atoms with Crippen molar-refractivity contribution in [1.82, 2.24) is 9.71 Å². The predicted molar refractivity (Wildman–Crippen MR) is 121 cm³/mol. The number of hydrogen-bond donors (Lipinski definition) is 1. The standard InChI is InChI=1S/C23H25ClN2O4S/c1-16-12-17-4-3-5-21(22(17)25-14-16)31(27,28)26-15-23(8-10-30-11-9-23)19-13-18(24)6-7-20(19)29-2/h3-7,12-14,26H,8-11,15H2,1-2H3. The van der Waals surface area contributed by atoms with Gasteiger partial charge in [-0.3, -0.25) is 4.98 Å². The van der Waals surface area contributed by atoms with Crippen LogP contribution in [0.3, 0.4) is 0 Å². The van der Waals surface area contributed by atoms with E-state index in [0.29, 0.717) is 42.3 Å². The number of pyridine rings is 1. The topological polar surface area (TPSA) is 77.5 Å². The Kier molecular flexibility index (Phi) is 6.21. The van der Waals surface area contributed by atoms with Crippen LogP contribution in [-0.2, 0) is 20.2 Å². The molecule has 31 heavy (non-hydrogen) atoms. The number of aromatic nitrogens is 1. The van der Waals surface area contributed by atoms with E-state index in [1.165, 1.54) is 0 Å². The van der Waals surface area contributed by atoms with Crippen LogP contribution in [0.1, 0.15) is 24.0 Å². The average Bonchev–Trinajstić information content (AvgIpc) is 2.78. The SMILES string of the molecule is COc1ccc(Cl)cc1C1(CNS(=O)(=O)c2cccc3cc(C)cnc23)CCOCC1. The van der Waals surface area contributed by atoms with Crippen LogP contribution in [0.2, 0.25) is 5.02 Å². The van der Waals surface area contributed by atoms with E-state index in [1.54, 1.807) is 31.5 Å². The third-order valence-electron chi connectivity index (χ3n) is 5.88. The highest BCUT2D eigenvalue weighted by Gasteiger charge is 2.38. The first-order valence-corrected chi connectivity index (χ1v) is 12.0. The molecule has 1 aliphatic heterocycles. The Bertz CT molecular complexity index is 1210. The molecule has 0 atom stereocenters. The molecule has 6 nitrogen and oxygen atoms in total. The monoisotopic (exact) mass is 460 g/mol. The maximum atomic E-state index is 13.3. The van der Waals surface area contributed by atoms with Gasteiger partial charge in [-0.05, 0) is 55.7 Å². The number of hydrogen-bond acceptors (Lipinski definition) is 5. The molecule has 1 N–H and O–H groups in total. The van der Waals surface area contributed by atoms with E-state index in [-0.39, 0.29) is 11.4 Å². The Labute approximate surface area is 187 Å². The first-order valence-electron chi connectivity index (χ1n) is 10.1. The molecule has 0 aliphatic carbocycles. The van der Waals surface area contributed by atoms with Crippen molar-refractivity contribution in [2.75, 3.05) is 26.9 Å². The summed E-state index contributed by atoms with van der Waals surface area (Å²) in [6.07, 6.45) is 2.98. The lowest BCUT2D eigenvalue weighted by Gasteiger charge is -2.38. The van der Waals surface area contributed by atoms with Gasteiger partial charge in [-0.1, -0.05) is 23.7 Å². The van der Waals surface area contributed by atoms with Crippen LogP contribution in [0.15, 0.2) is 53.6 Å². The van der Waals surface area contributed by atoms with Gasteiger partial charge in [-0.25, -0.2) is 13.1 Å². The van der Waals surface area contributed by atoms with E-state index in [1.807, 2.05) is 31.2 Å². The summed E-state index contributed by atoms with van der Waals surface area (Å²) in [6, 6.07) is 12.6. The summed E-state index contributed by atoms with van der Waals surface area (Å²) in [7, 11) is -2.20. The van der Waals surface area contributed by atoms with Crippen LogP contribution in [0.25, 0.3) is 10.9 Å². The quantitative estimate of drug-likeness (QED) is 0.595. The molecule has 0 spiro atoms. The number of aryl methyl sites for hydroxylation is 1. The highest BCUT2D eigenvalue weighted by Crippen LogP contribution is 2.41. The fourth-order valence-electron chi connectivity index (χ4n) is 4.17. The van der Waals surface area contributed by atoms with Crippen molar-refractivity contribution in [3.63, 3.8) is 0 Å². The molecule has 2 heterocycles. The molecule has 1 saturated heterocycles. The number of rotatable bonds is 6. The minimum atomic E-state index is -3.80. The van der Waals surface area contributed by atoms with Crippen molar-refractivity contribution < 1.29 is 17.9 Å². The van der Waals surface area contributed by atoms with Crippen molar-refractivity contribution in [2.24, 2.45) is 0 Å². The van der Waals surface area contributed by atoms with Gasteiger partial charge in [0.05, 0.1) is 12.6 Å². The summed E-state index contributed by atoms with van der Waals surface area (Å²) in [4.78, 5) is 4.55. The highest BCUT2D eigenvalue weighted by atomic mass is 35.5. The van der Waals surface area contributed by atoms with Crippen molar-refractivity contribution in [2.45, 2.75) is 30.1 Å². The molecule has 1 fully saturated rings. The zero-order valence-corrected chi connectivity index (χ0v) is 19.1. The molecule has 0 saturated carbocycles. The second-order valence-electron chi connectivity index (χ2n) is 7.90.